The second-order valence-electron chi connectivity index (χ2n) is 4.60. The number of hydrogen-bond acceptors (Lipinski definition) is 0. The molecule has 1 aromatic rings. The monoisotopic (exact) mass is 188 g/mol. The summed E-state index contributed by atoms with van der Waals surface area (Å²) in [7, 11) is 0. The fourth-order valence-electron chi connectivity index (χ4n) is 2.07. The number of hydrogen-bond donors (Lipinski definition) is 0. The summed E-state index contributed by atoms with van der Waals surface area (Å²) in [6.07, 6.45) is 5.48. The summed E-state index contributed by atoms with van der Waals surface area (Å²) in [5, 5.41) is 0. The molecule has 1 aliphatic carbocycles. The lowest BCUT2D eigenvalue weighted by Gasteiger charge is -2.26. The van der Waals surface area contributed by atoms with Crippen molar-refractivity contribution in [1.29, 1.82) is 0 Å². The van der Waals surface area contributed by atoms with E-state index in [-0.39, 0.29) is 0 Å². The molecule has 1 aliphatic rings. The first-order chi connectivity index (χ1) is 6.81. The van der Waals surface area contributed by atoms with Gasteiger partial charge in [-0.3, -0.25) is 0 Å². The van der Waals surface area contributed by atoms with Gasteiger partial charge in [0, 0.05) is 0 Å². The second-order valence-corrected chi connectivity index (χ2v) is 4.60. The van der Waals surface area contributed by atoms with Crippen LogP contribution in [0.3, 0.4) is 0 Å². The first-order valence-electron chi connectivity index (χ1n) is 5.91. The van der Waals surface area contributed by atoms with Gasteiger partial charge in [0.25, 0.3) is 0 Å². The SMILES string of the molecule is CCC(C)c1ccc(C2CCC2)cc1. The van der Waals surface area contributed by atoms with Gasteiger partial charge in [0.1, 0.15) is 0 Å². The van der Waals surface area contributed by atoms with Crippen LogP contribution in [0.15, 0.2) is 24.3 Å². The van der Waals surface area contributed by atoms with Gasteiger partial charge in [-0.05, 0) is 42.2 Å². The average Bonchev–Trinajstić information content (AvgIpc) is 2.15. The lowest BCUT2D eigenvalue weighted by atomic mass is 9.79. The van der Waals surface area contributed by atoms with E-state index in [1.807, 2.05) is 0 Å². The Balaban J connectivity index is 2.09. The van der Waals surface area contributed by atoms with Crippen LogP contribution in [0.25, 0.3) is 0 Å². The van der Waals surface area contributed by atoms with Gasteiger partial charge in [0.05, 0.1) is 0 Å². The molecule has 0 saturated heterocycles. The van der Waals surface area contributed by atoms with Gasteiger partial charge in [0.15, 0.2) is 0 Å². The van der Waals surface area contributed by atoms with Crippen molar-refractivity contribution in [2.75, 3.05) is 0 Å². The molecule has 14 heavy (non-hydrogen) atoms. The molecule has 0 radical (unpaired) electrons. The standard InChI is InChI=1S/C14H20/c1-3-11(2)12-7-9-14(10-8-12)13-5-4-6-13/h7-11,13H,3-6H2,1-2H3. The molecule has 0 aliphatic heterocycles. The zero-order valence-corrected chi connectivity index (χ0v) is 9.29. The largest absolute Gasteiger partial charge is 0.0648 e. The van der Waals surface area contributed by atoms with Gasteiger partial charge in [-0.1, -0.05) is 44.5 Å². The van der Waals surface area contributed by atoms with E-state index in [9.17, 15) is 0 Å². The summed E-state index contributed by atoms with van der Waals surface area (Å²) in [6.45, 7) is 4.56. The number of rotatable bonds is 3. The van der Waals surface area contributed by atoms with E-state index in [2.05, 4.69) is 38.1 Å². The third-order valence-electron chi connectivity index (χ3n) is 3.69. The fraction of sp³-hybridized carbons (Fsp3) is 0.571. The Morgan fingerprint density at radius 1 is 1.21 bits per heavy atom. The van der Waals surface area contributed by atoms with Crippen LogP contribution in [0.4, 0.5) is 0 Å². The molecule has 0 spiro atoms. The lowest BCUT2D eigenvalue weighted by Crippen LogP contribution is -2.08. The summed E-state index contributed by atoms with van der Waals surface area (Å²) < 4.78 is 0. The zero-order valence-electron chi connectivity index (χ0n) is 9.29. The van der Waals surface area contributed by atoms with Gasteiger partial charge in [0.2, 0.25) is 0 Å². The highest BCUT2D eigenvalue weighted by atomic mass is 14.2. The van der Waals surface area contributed by atoms with Crippen LogP contribution in [0.1, 0.15) is 62.5 Å². The van der Waals surface area contributed by atoms with Crippen LogP contribution in [0, 0.1) is 0 Å². The molecule has 76 valence electrons. The topological polar surface area (TPSA) is 0 Å². The minimum absolute atomic E-state index is 0.713. The van der Waals surface area contributed by atoms with E-state index in [0.717, 1.165) is 5.92 Å². The van der Waals surface area contributed by atoms with Crippen LogP contribution < -0.4 is 0 Å². The smallest absolute Gasteiger partial charge is 0.0162 e. The first kappa shape index (κ1) is 9.76. The van der Waals surface area contributed by atoms with E-state index < -0.39 is 0 Å². The summed E-state index contributed by atoms with van der Waals surface area (Å²) >= 11 is 0. The van der Waals surface area contributed by atoms with Crippen molar-refractivity contribution in [2.24, 2.45) is 0 Å². The predicted octanol–water partition coefficient (Wildman–Crippen LogP) is 4.47. The second kappa shape index (κ2) is 4.16. The average molecular weight is 188 g/mol. The van der Waals surface area contributed by atoms with Gasteiger partial charge < -0.3 is 0 Å². The van der Waals surface area contributed by atoms with Gasteiger partial charge in [-0.25, -0.2) is 0 Å². The lowest BCUT2D eigenvalue weighted by molar-refractivity contribution is 0.419. The molecule has 2 rings (SSSR count). The minimum Gasteiger partial charge on any atom is -0.0648 e. The summed E-state index contributed by atoms with van der Waals surface area (Å²) in [6, 6.07) is 9.32. The summed E-state index contributed by atoms with van der Waals surface area (Å²) in [5.74, 6) is 1.59. The molecule has 1 unspecified atom stereocenters. The van der Waals surface area contributed by atoms with Crippen molar-refractivity contribution in [2.45, 2.75) is 51.4 Å². The Morgan fingerprint density at radius 2 is 1.86 bits per heavy atom. The van der Waals surface area contributed by atoms with Crippen molar-refractivity contribution in [3.8, 4) is 0 Å². The molecule has 0 bridgehead atoms. The molecular formula is C14H20. The Bertz CT molecular complexity index is 256. The molecule has 1 saturated carbocycles. The predicted molar refractivity (Wildman–Crippen MR) is 61.7 cm³/mol. The van der Waals surface area contributed by atoms with Gasteiger partial charge in [-0.2, -0.15) is 0 Å². The highest BCUT2D eigenvalue weighted by Gasteiger charge is 2.19. The van der Waals surface area contributed by atoms with Crippen molar-refractivity contribution in [3.05, 3.63) is 35.4 Å². The third kappa shape index (κ3) is 1.84. The quantitative estimate of drug-likeness (QED) is 0.656. The molecular weight excluding hydrogens is 168 g/mol. The Hall–Kier alpha value is -0.780. The summed E-state index contributed by atoms with van der Waals surface area (Å²) in [4.78, 5) is 0. The molecule has 1 atom stereocenters. The van der Waals surface area contributed by atoms with Crippen LogP contribution in [0.5, 0.6) is 0 Å². The Labute approximate surface area is 87.3 Å². The van der Waals surface area contributed by atoms with E-state index >= 15 is 0 Å². The van der Waals surface area contributed by atoms with Crippen molar-refractivity contribution >= 4 is 0 Å². The molecule has 1 fully saturated rings. The molecule has 1 aromatic carbocycles. The van der Waals surface area contributed by atoms with Crippen LogP contribution in [0.2, 0.25) is 0 Å². The maximum Gasteiger partial charge on any atom is -0.0162 e. The van der Waals surface area contributed by atoms with Crippen molar-refractivity contribution in [1.82, 2.24) is 0 Å². The maximum atomic E-state index is 2.34. The van der Waals surface area contributed by atoms with E-state index in [1.54, 1.807) is 5.56 Å². The highest BCUT2D eigenvalue weighted by molar-refractivity contribution is 5.28. The van der Waals surface area contributed by atoms with Crippen LogP contribution in [-0.2, 0) is 0 Å². The van der Waals surface area contributed by atoms with Crippen LogP contribution in [-0.4, -0.2) is 0 Å². The normalized spacial score (nSPS) is 19.0. The fourth-order valence-corrected chi connectivity index (χ4v) is 2.07. The van der Waals surface area contributed by atoms with Crippen molar-refractivity contribution < 1.29 is 0 Å². The summed E-state index contributed by atoms with van der Waals surface area (Å²) in [5.41, 5.74) is 3.05. The van der Waals surface area contributed by atoms with E-state index in [0.29, 0.717) is 5.92 Å². The van der Waals surface area contributed by atoms with Crippen molar-refractivity contribution in [3.63, 3.8) is 0 Å². The van der Waals surface area contributed by atoms with Gasteiger partial charge >= 0.3 is 0 Å². The molecule has 0 nitrogen and oxygen atoms in total. The zero-order chi connectivity index (χ0) is 9.97. The van der Waals surface area contributed by atoms with E-state index in [1.165, 1.54) is 31.2 Å². The van der Waals surface area contributed by atoms with Gasteiger partial charge in [-0.15, -0.1) is 0 Å². The molecule has 0 heteroatoms. The van der Waals surface area contributed by atoms with Crippen LogP contribution >= 0.6 is 0 Å². The Kier molecular flexibility index (Phi) is 2.90. The highest BCUT2D eigenvalue weighted by Crippen LogP contribution is 2.36. The molecule has 0 heterocycles. The minimum atomic E-state index is 0.713. The molecule has 0 N–H and O–H groups in total. The first-order valence-corrected chi connectivity index (χ1v) is 5.91. The third-order valence-corrected chi connectivity index (χ3v) is 3.69. The van der Waals surface area contributed by atoms with E-state index in [4.69, 9.17) is 0 Å². The maximum absolute atomic E-state index is 2.34. The number of benzene rings is 1. The molecule has 0 amide bonds. The Morgan fingerprint density at radius 3 is 2.29 bits per heavy atom. The molecule has 0 aromatic heterocycles.